The average molecular weight is 292 g/mol. The lowest BCUT2D eigenvalue weighted by Gasteiger charge is -2.09. The van der Waals surface area contributed by atoms with Crippen LogP contribution in [0.2, 0.25) is 0 Å². The molecular formula is C17H16N4O. The summed E-state index contributed by atoms with van der Waals surface area (Å²) in [5.41, 5.74) is 2.92. The van der Waals surface area contributed by atoms with Crippen molar-refractivity contribution in [2.75, 3.05) is 14.1 Å². The summed E-state index contributed by atoms with van der Waals surface area (Å²) < 4.78 is 1.72. The van der Waals surface area contributed by atoms with E-state index in [1.165, 1.54) is 0 Å². The molecule has 2 heterocycles. The molecule has 0 aliphatic heterocycles. The first kappa shape index (κ1) is 14.0. The molecule has 22 heavy (non-hydrogen) atoms. The first-order chi connectivity index (χ1) is 10.7. The number of benzene rings is 1. The minimum absolute atomic E-state index is 0.0824. The second-order valence-corrected chi connectivity index (χ2v) is 5.11. The lowest BCUT2D eigenvalue weighted by molar-refractivity contribution is 0.0828. The van der Waals surface area contributed by atoms with E-state index < -0.39 is 0 Å². The molecule has 5 heteroatoms. The van der Waals surface area contributed by atoms with E-state index in [1.54, 1.807) is 42.3 Å². The maximum Gasteiger partial charge on any atom is 0.257 e. The summed E-state index contributed by atoms with van der Waals surface area (Å²) in [6.45, 7) is 0. The molecule has 0 saturated heterocycles. The van der Waals surface area contributed by atoms with Crippen LogP contribution < -0.4 is 0 Å². The number of hydrogen-bond acceptors (Lipinski definition) is 3. The van der Waals surface area contributed by atoms with Gasteiger partial charge in [-0.2, -0.15) is 5.10 Å². The number of nitrogens with zero attached hydrogens (tertiary/aromatic N) is 4. The highest BCUT2D eigenvalue weighted by Gasteiger charge is 2.19. The molecule has 0 bridgehead atoms. The van der Waals surface area contributed by atoms with Gasteiger partial charge in [0, 0.05) is 38.2 Å². The first-order valence-corrected chi connectivity index (χ1v) is 6.94. The Kier molecular flexibility index (Phi) is 3.70. The zero-order valence-electron chi connectivity index (χ0n) is 12.5. The van der Waals surface area contributed by atoms with E-state index in [0.29, 0.717) is 11.3 Å². The summed E-state index contributed by atoms with van der Waals surface area (Å²) in [5, 5.41) is 4.58. The van der Waals surface area contributed by atoms with Crippen LogP contribution in [-0.4, -0.2) is 39.7 Å². The van der Waals surface area contributed by atoms with Crippen molar-refractivity contribution in [3.63, 3.8) is 0 Å². The van der Waals surface area contributed by atoms with E-state index >= 15 is 0 Å². The third-order valence-electron chi connectivity index (χ3n) is 3.31. The summed E-state index contributed by atoms with van der Waals surface area (Å²) >= 11 is 0. The van der Waals surface area contributed by atoms with Crippen molar-refractivity contribution in [2.45, 2.75) is 0 Å². The fourth-order valence-corrected chi connectivity index (χ4v) is 2.20. The van der Waals surface area contributed by atoms with Crippen molar-refractivity contribution in [3.8, 4) is 16.9 Å². The van der Waals surface area contributed by atoms with Gasteiger partial charge >= 0.3 is 0 Å². The summed E-state index contributed by atoms with van der Waals surface area (Å²) in [6.07, 6.45) is 5.18. The fourth-order valence-electron chi connectivity index (χ4n) is 2.20. The van der Waals surface area contributed by atoms with Crippen LogP contribution in [0, 0.1) is 0 Å². The first-order valence-electron chi connectivity index (χ1n) is 6.94. The van der Waals surface area contributed by atoms with Gasteiger partial charge in [-0.25, -0.2) is 4.68 Å². The Morgan fingerprint density at radius 3 is 2.50 bits per heavy atom. The van der Waals surface area contributed by atoms with Crippen LogP contribution in [0.4, 0.5) is 0 Å². The molecule has 1 amide bonds. The van der Waals surface area contributed by atoms with Crippen molar-refractivity contribution in [1.29, 1.82) is 0 Å². The van der Waals surface area contributed by atoms with Gasteiger partial charge in [0.15, 0.2) is 0 Å². The molecule has 0 atom stereocenters. The molecule has 0 radical (unpaired) electrons. The smallest absolute Gasteiger partial charge is 0.257 e. The molecule has 3 rings (SSSR count). The number of pyridine rings is 1. The molecule has 5 nitrogen and oxygen atoms in total. The topological polar surface area (TPSA) is 51.0 Å². The van der Waals surface area contributed by atoms with E-state index in [2.05, 4.69) is 10.1 Å². The molecule has 0 unspecified atom stereocenters. The Morgan fingerprint density at radius 1 is 1.09 bits per heavy atom. The van der Waals surface area contributed by atoms with Gasteiger partial charge in [-0.3, -0.25) is 9.78 Å². The molecule has 110 valence electrons. The molecule has 1 aromatic carbocycles. The summed E-state index contributed by atoms with van der Waals surface area (Å²) in [6, 6.07) is 13.5. The highest BCUT2D eigenvalue weighted by Crippen LogP contribution is 2.23. The molecular weight excluding hydrogens is 276 g/mol. The summed E-state index contributed by atoms with van der Waals surface area (Å²) in [7, 11) is 3.46. The number of carbonyl (C=O) groups excluding carboxylic acids is 1. The van der Waals surface area contributed by atoms with E-state index in [9.17, 15) is 4.79 Å². The quantitative estimate of drug-likeness (QED) is 0.745. The van der Waals surface area contributed by atoms with Gasteiger partial charge in [-0.15, -0.1) is 0 Å². The fraction of sp³-hybridized carbons (Fsp3) is 0.118. The normalized spacial score (nSPS) is 10.5. The minimum atomic E-state index is -0.0824. The second-order valence-electron chi connectivity index (χ2n) is 5.11. The lowest BCUT2D eigenvalue weighted by atomic mass is 10.1. The van der Waals surface area contributed by atoms with Gasteiger partial charge in [0.1, 0.15) is 5.69 Å². The minimum Gasteiger partial charge on any atom is -0.345 e. The summed E-state index contributed by atoms with van der Waals surface area (Å²) in [4.78, 5) is 18.1. The zero-order chi connectivity index (χ0) is 15.5. The van der Waals surface area contributed by atoms with Gasteiger partial charge in [0.2, 0.25) is 0 Å². The van der Waals surface area contributed by atoms with Crippen LogP contribution >= 0.6 is 0 Å². The molecule has 0 aliphatic rings. The number of rotatable bonds is 3. The monoisotopic (exact) mass is 292 g/mol. The third-order valence-corrected chi connectivity index (χ3v) is 3.31. The van der Waals surface area contributed by atoms with E-state index in [-0.39, 0.29) is 5.91 Å². The SMILES string of the molecule is CN(C)C(=O)c1cn(-c2ccccc2)nc1-c1cccnc1. The van der Waals surface area contributed by atoms with Crippen LogP contribution in [0.1, 0.15) is 10.4 Å². The lowest BCUT2D eigenvalue weighted by Crippen LogP contribution is -2.21. The Balaban J connectivity index is 2.15. The molecule has 2 aromatic heterocycles. The summed E-state index contributed by atoms with van der Waals surface area (Å²) in [5.74, 6) is -0.0824. The van der Waals surface area contributed by atoms with Crippen LogP contribution in [-0.2, 0) is 0 Å². The van der Waals surface area contributed by atoms with Gasteiger partial charge < -0.3 is 4.90 Å². The van der Waals surface area contributed by atoms with Crippen LogP contribution in [0.3, 0.4) is 0 Å². The highest BCUT2D eigenvalue weighted by atomic mass is 16.2. The maximum absolute atomic E-state index is 12.4. The van der Waals surface area contributed by atoms with Crippen LogP contribution in [0.25, 0.3) is 16.9 Å². The standard InChI is InChI=1S/C17H16N4O/c1-20(2)17(22)15-12-21(14-8-4-3-5-9-14)19-16(15)13-7-6-10-18-11-13/h3-12H,1-2H3. The molecule has 0 spiro atoms. The van der Waals surface area contributed by atoms with Crippen molar-refractivity contribution in [3.05, 3.63) is 66.6 Å². The van der Waals surface area contributed by atoms with Crippen LogP contribution in [0.5, 0.6) is 0 Å². The number of para-hydroxylation sites is 1. The van der Waals surface area contributed by atoms with Gasteiger partial charge in [-0.1, -0.05) is 18.2 Å². The van der Waals surface area contributed by atoms with E-state index in [0.717, 1.165) is 11.3 Å². The van der Waals surface area contributed by atoms with Crippen molar-refractivity contribution < 1.29 is 4.79 Å². The number of amides is 1. The molecule has 3 aromatic rings. The molecule has 0 saturated carbocycles. The van der Waals surface area contributed by atoms with E-state index in [4.69, 9.17) is 0 Å². The Hall–Kier alpha value is -2.95. The van der Waals surface area contributed by atoms with Gasteiger partial charge in [-0.05, 0) is 24.3 Å². The Bertz CT molecular complexity index is 779. The van der Waals surface area contributed by atoms with Crippen molar-refractivity contribution in [2.24, 2.45) is 0 Å². The maximum atomic E-state index is 12.4. The number of carbonyl (C=O) groups is 1. The largest absolute Gasteiger partial charge is 0.345 e. The number of aromatic nitrogens is 3. The van der Waals surface area contributed by atoms with Crippen LogP contribution in [0.15, 0.2) is 61.1 Å². The zero-order valence-corrected chi connectivity index (χ0v) is 12.5. The molecule has 0 aliphatic carbocycles. The predicted octanol–water partition coefficient (Wildman–Crippen LogP) is 2.64. The van der Waals surface area contributed by atoms with Gasteiger partial charge in [0.05, 0.1) is 11.3 Å². The highest BCUT2D eigenvalue weighted by molar-refractivity contribution is 5.99. The third kappa shape index (κ3) is 2.61. The van der Waals surface area contributed by atoms with Gasteiger partial charge in [0.25, 0.3) is 5.91 Å². The Morgan fingerprint density at radius 2 is 1.86 bits per heavy atom. The van der Waals surface area contributed by atoms with E-state index in [1.807, 2.05) is 42.5 Å². The second kappa shape index (κ2) is 5.81. The predicted molar refractivity (Wildman–Crippen MR) is 84.8 cm³/mol. The molecule has 0 fully saturated rings. The molecule has 0 N–H and O–H groups in total. The van der Waals surface area contributed by atoms with Crippen molar-refractivity contribution in [1.82, 2.24) is 19.7 Å². The average Bonchev–Trinajstić information content (AvgIpc) is 3.01. The van der Waals surface area contributed by atoms with Crippen molar-refractivity contribution >= 4 is 5.91 Å². The Labute approximate surface area is 128 Å². The number of hydrogen-bond donors (Lipinski definition) is 0.